The summed E-state index contributed by atoms with van der Waals surface area (Å²) in [4.78, 5) is 2.42. The maximum atomic E-state index is 13.0. The largest absolute Gasteiger partial charge is 0.505 e. The van der Waals surface area contributed by atoms with E-state index in [0.29, 0.717) is 12.1 Å². The van der Waals surface area contributed by atoms with Gasteiger partial charge < -0.3 is 15.3 Å². The number of likely N-dealkylation sites (tertiary alicyclic amines) is 1. The predicted octanol–water partition coefficient (Wildman–Crippen LogP) is 1.72. The standard InChI is InChI=1S/C13H19FN2O/c14-12-5-3-4-11(13(12)17)10-15-6-9-16-7-1-2-8-16/h3-5,15,17H,1-2,6-10H2. The average molecular weight is 238 g/mol. The fraction of sp³-hybridized carbons (Fsp3) is 0.538. The van der Waals surface area contributed by atoms with Gasteiger partial charge in [-0.25, -0.2) is 4.39 Å². The SMILES string of the molecule is Oc1c(F)cccc1CNCCN1CCCC1. The highest BCUT2D eigenvalue weighted by Crippen LogP contribution is 2.20. The fourth-order valence-electron chi connectivity index (χ4n) is 2.17. The third-order valence-electron chi connectivity index (χ3n) is 3.19. The lowest BCUT2D eigenvalue weighted by Crippen LogP contribution is -2.29. The van der Waals surface area contributed by atoms with Crippen LogP contribution in [0.4, 0.5) is 4.39 Å². The minimum Gasteiger partial charge on any atom is -0.505 e. The van der Waals surface area contributed by atoms with Crippen LogP contribution in [0.15, 0.2) is 18.2 Å². The molecule has 0 aromatic heterocycles. The lowest BCUT2D eigenvalue weighted by atomic mass is 10.2. The van der Waals surface area contributed by atoms with Gasteiger partial charge in [-0.1, -0.05) is 12.1 Å². The first-order chi connectivity index (χ1) is 8.27. The number of benzene rings is 1. The van der Waals surface area contributed by atoms with Crippen LogP contribution in [-0.4, -0.2) is 36.2 Å². The second-order valence-electron chi connectivity index (χ2n) is 4.47. The van der Waals surface area contributed by atoms with Gasteiger partial charge in [0.05, 0.1) is 0 Å². The Morgan fingerprint density at radius 3 is 2.82 bits per heavy atom. The topological polar surface area (TPSA) is 35.5 Å². The van der Waals surface area contributed by atoms with E-state index in [2.05, 4.69) is 10.2 Å². The first-order valence-electron chi connectivity index (χ1n) is 6.17. The van der Waals surface area contributed by atoms with Crippen molar-refractivity contribution in [1.29, 1.82) is 0 Å². The monoisotopic (exact) mass is 238 g/mol. The second-order valence-corrected chi connectivity index (χ2v) is 4.47. The molecule has 2 N–H and O–H groups in total. The van der Waals surface area contributed by atoms with Crippen molar-refractivity contribution in [3.63, 3.8) is 0 Å². The van der Waals surface area contributed by atoms with Gasteiger partial charge in [-0.3, -0.25) is 0 Å². The quantitative estimate of drug-likeness (QED) is 0.767. The summed E-state index contributed by atoms with van der Waals surface area (Å²) in [5.41, 5.74) is 0.617. The van der Waals surface area contributed by atoms with Crippen LogP contribution in [0.3, 0.4) is 0 Å². The molecule has 1 saturated heterocycles. The van der Waals surface area contributed by atoms with Gasteiger partial charge in [0.25, 0.3) is 0 Å². The number of phenolic OH excluding ortho intramolecular Hbond substituents is 1. The number of nitrogens with zero attached hydrogens (tertiary/aromatic N) is 1. The van der Waals surface area contributed by atoms with Gasteiger partial charge in [-0.05, 0) is 32.0 Å². The van der Waals surface area contributed by atoms with E-state index in [9.17, 15) is 9.50 Å². The first kappa shape index (κ1) is 12.3. The van der Waals surface area contributed by atoms with Gasteiger partial charge in [0.2, 0.25) is 0 Å². The molecule has 1 aliphatic heterocycles. The summed E-state index contributed by atoms with van der Waals surface area (Å²) in [7, 11) is 0. The van der Waals surface area contributed by atoms with E-state index in [-0.39, 0.29) is 5.75 Å². The van der Waals surface area contributed by atoms with E-state index in [1.807, 2.05) is 0 Å². The molecular formula is C13H19FN2O. The van der Waals surface area contributed by atoms with Gasteiger partial charge in [0, 0.05) is 25.2 Å². The van der Waals surface area contributed by atoms with Crippen LogP contribution in [0, 0.1) is 5.82 Å². The van der Waals surface area contributed by atoms with Crippen LogP contribution in [0.5, 0.6) is 5.75 Å². The highest BCUT2D eigenvalue weighted by atomic mass is 19.1. The minimum absolute atomic E-state index is 0.235. The molecule has 1 aromatic carbocycles. The number of aromatic hydroxyl groups is 1. The van der Waals surface area contributed by atoms with E-state index in [1.165, 1.54) is 32.0 Å². The maximum Gasteiger partial charge on any atom is 0.165 e. The normalized spacial score (nSPS) is 16.5. The lowest BCUT2D eigenvalue weighted by molar-refractivity contribution is 0.335. The Balaban J connectivity index is 1.72. The summed E-state index contributed by atoms with van der Waals surface area (Å²) in [6.45, 7) is 4.78. The lowest BCUT2D eigenvalue weighted by Gasteiger charge is -2.15. The van der Waals surface area contributed by atoms with E-state index in [4.69, 9.17) is 0 Å². The maximum absolute atomic E-state index is 13.0. The van der Waals surface area contributed by atoms with Gasteiger partial charge >= 0.3 is 0 Å². The summed E-state index contributed by atoms with van der Waals surface area (Å²) in [6.07, 6.45) is 2.59. The molecule has 0 aliphatic carbocycles. The first-order valence-corrected chi connectivity index (χ1v) is 6.17. The molecule has 4 heteroatoms. The number of phenols is 1. The molecule has 3 nitrogen and oxygen atoms in total. The molecule has 0 atom stereocenters. The van der Waals surface area contributed by atoms with E-state index < -0.39 is 5.82 Å². The molecule has 0 unspecified atom stereocenters. The fourth-order valence-corrected chi connectivity index (χ4v) is 2.17. The molecule has 0 saturated carbocycles. The number of rotatable bonds is 5. The number of halogens is 1. The molecule has 1 fully saturated rings. The van der Waals surface area contributed by atoms with Crippen LogP contribution in [0.25, 0.3) is 0 Å². The molecule has 0 spiro atoms. The van der Waals surface area contributed by atoms with Gasteiger partial charge in [-0.15, -0.1) is 0 Å². The predicted molar refractivity (Wildman–Crippen MR) is 65.4 cm³/mol. The van der Waals surface area contributed by atoms with Gasteiger partial charge in [0.15, 0.2) is 11.6 Å². The summed E-state index contributed by atoms with van der Waals surface area (Å²) < 4.78 is 13.0. The minimum atomic E-state index is -0.552. The zero-order valence-corrected chi connectivity index (χ0v) is 9.95. The number of hydrogen-bond acceptors (Lipinski definition) is 3. The van der Waals surface area contributed by atoms with E-state index in [1.54, 1.807) is 12.1 Å². The van der Waals surface area contributed by atoms with Crippen LogP contribution in [-0.2, 0) is 6.54 Å². The highest BCUT2D eigenvalue weighted by Gasteiger charge is 2.10. The Kier molecular flexibility index (Phi) is 4.34. The van der Waals surface area contributed by atoms with Crippen LogP contribution in [0.1, 0.15) is 18.4 Å². The summed E-state index contributed by atoms with van der Waals surface area (Å²) in [6, 6.07) is 4.62. The van der Waals surface area contributed by atoms with Crippen LogP contribution >= 0.6 is 0 Å². The van der Waals surface area contributed by atoms with E-state index >= 15 is 0 Å². The van der Waals surface area contributed by atoms with Crippen molar-refractivity contribution in [3.05, 3.63) is 29.6 Å². The number of para-hydroxylation sites is 1. The summed E-state index contributed by atoms with van der Waals surface area (Å²) in [5, 5.41) is 12.7. The molecule has 17 heavy (non-hydrogen) atoms. The molecule has 1 aliphatic rings. The zero-order valence-electron chi connectivity index (χ0n) is 9.95. The van der Waals surface area contributed by atoms with Gasteiger partial charge in [-0.2, -0.15) is 0 Å². The Bertz CT molecular complexity index is 364. The molecule has 0 amide bonds. The molecular weight excluding hydrogens is 219 g/mol. The van der Waals surface area contributed by atoms with E-state index in [0.717, 1.165) is 13.1 Å². The van der Waals surface area contributed by atoms with Crippen molar-refractivity contribution in [1.82, 2.24) is 10.2 Å². The molecule has 1 aromatic rings. The van der Waals surface area contributed by atoms with Crippen molar-refractivity contribution in [3.8, 4) is 5.75 Å². The van der Waals surface area contributed by atoms with Crippen LogP contribution < -0.4 is 5.32 Å². The smallest absolute Gasteiger partial charge is 0.165 e. The number of nitrogens with one attached hydrogen (secondary N) is 1. The Labute approximate surface area is 101 Å². The van der Waals surface area contributed by atoms with Crippen molar-refractivity contribution < 1.29 is 9.50 Å². The van der Waals surface area contributed by atoms with Crippen molar-refractivity contribution in [2.24, 2.45) is 0 Å². The Morgan fingerprint density at radius 2 is 2.06 bits per heavy atom. The van der Waals surface area contributed by atoms with Gasteiger partial charge in [0.1, 0.15) is 0 Å². The third kappa shape index (κ3) is 3.41. The zero-order chi connectivity index (χ0) is 12.1. The molecule has 0 bridgehead atoms. The van der Waals surface area contributed by atoms with Crippen molar-refractivity contribution >= 4 is 0 Å². The highest BCUT2D eigenvalue weighted by molar-refractivity contribution is 5.33. The van der Waals surface area contributed by atoms with Crippen LogP contribution in [0.2, 0.25) is 0 Å². The molecule has 2 rings (SSSR count). The third-order valence-corrected chi connectivity index (χ3v) is 3.19. The average Bonchev–Trinajstić information content (AvgIpc) is 2.83. The summed E-state index contributed by atoms with van der Waals surface area (Å²) in [5.74, 6) is -0.787. The Morgan fingerprint density at radius 1 is 1.29 bits per heavy atom. The second kappa shape index (κ2) is 5.98. The van der Waals surface area contributed by atoms with Crippen molar-refractivity contribution in [2.75, 3.05) is 26.2 Å². The van der Waals surface area contributed by atoms with Crippen molar-refractivity contribution in [2.45, 2.75) is 19.4 Å². The Hall–Kier alpha value is -1.13. The molecule has 0 radical (unpaired) electrons. The summed E-state index contributed by atoms with van der Waals surface area (Å²) >= 11 is 0. The molecule has 1 heterocycles. The number of hydrogen-bond donors (Lipinski definition) is 2. The molecule has 94 valence electrons.